The highest BCUT2D eigenvalue weighted by molar-refractivity contribution is 5.76. The molecule has 0 N–H and O–H groups in total. The summed E-state index contributed by atoms with van der Waals surface area (Å²) in [6, 6.07) is 12.2. The van der Waals surface area contributed by atoms with Crippen LogP contribution in [0.25, 0.3) is 0 Å². The highest BCUT2D eigenvalue weighted by atomic mass is 16.2. The van der Waals surface area contributed by atoms with E-state index in [9.17, 15) is 4.79 Å². The number of hydrogen-bond acceptors (Lipinski definition) is 5. The number of piperazine rings is 1. The van der Waals surface area contributed by atoms with Crippen LogP contribution in [0.15, 0.2) is 36.4 Å². The molecule has 6 nitrogen and oxygen atoms in total. The Morgan fingerprint density at radius 2 is 1.77 bits per heavy atom. The van der Waals surface area contributed by atoms with Gasteiger partial charge in [-0.05, 0) is 18.9 Å². The van der Waals surface area contributed by atoms with Crippen molar-refractivity contribution in [2.75, 3.05) is 50.1 Å². The van der Waals surface area contributed by atoms with Crippen molar-refractivity contribution >= 4 is 17.5 Å². The Hall–Kier alpha value is -2.63. The highest BCUT2D eigenvalue weighted by Gasteiger charge is 2.22. The van der Waals surface area contributed by atoms with Gasteiger partial charge in [-0.25, -0.2) is 9.97 Å². The second-order valence-corrected chi connectivity index (χ2v) is 6.88. The Kier molecular flexibility index (Phi) is 5.71. The first kappa shape index (κ1) is 18.2. The standard InChI is InChI=1S/C20H27N5O/c1-16-21-18(23(2)3)15-19(22-16)24-11-13-25(14-12-24)20(26)10-9-17-7-5-4-6-8-17/h4-8,15H,9-14H2,1-3H3. The van der Waals surface area contributed by atoms with Crippen molar-refractivity contribution in [2.24, 2.45) is 0 Å². The second-order valence-electron chi connectivity index (χ2n) is 6.88. The minimum absolute atomic E-state index is 0.237. The van der Waals surface area contributed by atoms with E-state index in [1.54, 1.807) is 0 Å². The van der Waals surface area contributed by atoms with Gasteiger partial charge in [0, 0.05) is 52.8 Å². The number of aryl methyl sites for hydroxylation is 2. The number of benzene rings is 1. The predicted molar refractivity (Wildman–Crippen MR) is 105 cm³/mol. The molecule has 1 aromatic carbocycles. The minimum atomic E-state index is 0.237. The molecule has 0 radical (unpaired) electrons. The average molecular weight is 353 g/mol. The number of aromatic nitrogens is 2. The summed E-state index contributed by atoms with van der Waals surface area (Å²) in [6.45, 7) is 5.02. The zero-order chi connectivity index (χ0) is 18.5. The molecular weight excluding hydrogens is 326 g/mol. The molecule has 1 saturated heterocycles. The van der Waals surface area contributed by atoms with Crippen LogP contribution in [0.4, 0.5) is 11.6 Å². The lowest BCUT2D eigenvalue weighted by molar-refractivity contribution is -0.131. The number of hydrogen-bond donors (Lipinski definition) is 0. The van der Waals surface area contributed by atoms with E-state index in [0.717, 1.165) is 50.1 Å². The fourth-order valence-corrected chi connectivity index (χ4v) is 3.17. The van der Waals surface area contributed by atoms with Crippen molar-refractivity contribution in [1.29, 1.82) is 0 Å². The summed E-state index contributed by atoms with van der Waals surface area (Å²) < 4.78 is 0. The maximum absolute atomic E-state index is 12.5. The average Bonchev–Trinajstić information content (AvgIpc) is 2.66. The van der Waals surface area contributed by atoms with E-state index in [2.05, 4.69) is 27.0 Å². The largest absolute Gasteiger partial charge is 0.363 e. The van der Waals surface area contributed by atoms with Crippen LogP contribution in [0.5, 0.6) is 0 Å². The number of nitrogens with zero attached hydrogens (tertiary/aromatic N) is 5. The van der Waals surface area contributed by atoms with Gasteiger partial charge in [-0.2, -0.15) is 0 Å². The molecule has 1 fully saturated rings. The van der Waals surface area contributed by atoms with Crippen LogP contribution in [0, 0.1) is 6.92 Å². The predicted octanol–water partition coefficient (Wildman–Crippen LogP) is 2.13. The molecule has 0 bridgehead atoms. The van der Waals surface area contributed by atoms with Crippen molar-refractivity contribution in [1.82, 2.24) is 14.9 Å². The Labute approximate surface area is 155 Å². The third kappa shape index (κ3) is 4.50. The fraction of sp³-hybridized carbons (Fsp3) is 0.450. The number of carbonyl (C=O) groups excluding carboxylic acids is 1. The Morgan fingerprint density at radius 1 is 1.08 bits per heavy atom. The SMILES string of the molecule is Cc1nc(N(C)C)cc(N2CCN(C(=O)CCc3ccccc3)CC2)n1. The van der Waals surface area contributed by atoms with E-state index in [1.807, 2.05) is 55.1 Å². The third-order valence-corrected chi connectivity index (χ3v) is 4.70. The summed E-state index contributed by atoms with van der Waals surface area (Å²) in [5, 5.41) is 0. The minimum Gasteiger partial charge on any atom is -0.363 e. The molecule has 138 valence electrons. The third-order valence-electron chi connectivity index (χ3n) is 4.70. The van der Waals surface area contributed by atoms with Crippen LogP contribution in [0.2, 0.25) is 0 Å². The van der Waals surface area contributed by atoms with E-state index in [0.29, 0.717) is 6.42 Å². The first-order valence-corrected chi connectivity index (χ1v) is 9.12. The van der Waals surface area contributed by atoms with Crippen LogP contribution in [0.1, 0.15) is 17.8 Å². The number of amides is 1. The van der Waals surface area contributed by atoms with Crippen LogP contribution < -0.4 is 9.80 Å². The van der Waals surface area contributed by atoms with E-state index >= 15 is 0 Å². The molecular formula is C20H27N5O. The van der Waals surface area contributed by atoms with Crippen molar-refractivity contribution in [3.63, 3.8) is 0 Å². The number of carbonyl (C=O) groups is 1. The van der Waals surface area contributed by atoms with E-state index < -0.39 is 0 Å². The summed E-state index contributed by atoms with van der Waals surface area (Å²) >= 11 is 0. The van der Waals surface area contributed by atoms with Crippen LogP contribution in [-0.4, -0.2) is 61.0 Å². The molecule has 3 rings (SSSR count). The molecule has 0 unspecified atom stereocenters. The Bertz CT molecular complexity index is 739. The van der Waals surface area contributed by atoms with Crippen molar-refractivity contribution in [3.8, 4) is 0 Å². The van der Waals surface area contributed by atoms with E-state index in [4.69, 9.17) is 0 Å². The highest BCUT2D eigenvalue weighted by Crippen LogP contribution is 2.19. The quantitative estimate of drug-likeness (QED) is 0.824. The lowest BCUT2D eigenvalue weighted by Crippen LogP contribution is -2.49. The molecule has 0 aliphatic carbocycles. The smallest absolute Gasteiger partial charge is 0.223 e. The normalized spacial score (nSPS) is 14.4. The van der Waals surface area contributed by atoms with Crippen molar-refractivity contribution in [2.45, 2.75) is 19.8 Å². The lowest BCUT2D eigenvalue weighted by Gasteiger charge is -2.35. The van der Waals surface area contributed by atoms with Crippen LogP contribution in [0.3, 0.4) is 0 Å². The first-order chi connectivity index (χ1) is 12.5. The van der Waals surface area contributed by atoms with Crippen LogP contribution >= 0.6 is 0 Å². The monoisotopic (exact) mass is 353 g/mol. The summed E-state index contributed by atoms with van der Waals surface area (Å²) in [5.74, 6) is 2.86. The summed E-state index contributed by atoms with van der Waals surface area (Å²) in [6.07, 6.45) is 1.37. The molecule has 6 heteroatoms. The zero-order valence-corrected chi connectivity index (χ0v) is 15.9. The second kappa shape index (κ2) is 8.17. The number of anilines is 2. The van der Waals surface area contributed by atoms with E-state index in [-0.39, 0.29) is 5.91 Å². The molecule has 1 amide bonds. The maximum atomic E-state index is 12.5. The molecule has 2 aromatic rings. The molecule has 1 aliphatic rings. The molecule has 0 spiro atoms. The van der Waals surface area contributed by atoms with Gasteiger partial charge in [-0.1, -0.05) is 30.3 Å². The van der Waals surface area contributed by atoms with E-state index in [1.165, 1.54) is 5.56 Å². The van der Waals surface area contributed by atoms with Gasteiger partial charge >= 0.3 is 0 Å². The Morgan fingerprint density at radius 3 is 2.42 bits per heavy atom. The lowest BCUT2D eigenvalue weighted by atomic mass is 10.1. The molecule has 0 saturated carbocycles. The molecule has 0 atom stereocenters. The van der Waals surface area contributed by atoms with Gasteiger partial charge in [0.2, 0.25) is 5.91 Å². The molecule has 2 heterocycles. The van der Waals surface area contributed by atoms with Crippen LogP contribution in [-0.2, 0) is 11.2 Å². The topological polar surface area (TPSA) is 52.6 Å². The maximum Gasteiger partial charge on any atom is 0.223 e. The van der Waals surface area contributed by atoms with Gasteiger partial charge in [0.1, 0.15) is 17.5 Å². The van der Waals surface area contributed by atoms with Gasteiger partial charge in [0.05, 0.1) is 0 Å². The molecule has 1 aromatic heterocycles. The van der Waals surface area contributed by atoms with Gasteiger partial charge in [-0.3, -0.25) is 4.79 Å². The summed E-state index contributed by atoms with van der Waals surface area (Å²) in [5.41, 5.74) is 1.21. The summed E-state index contributed by atoms with van der Waals surface area (Å²) in [4.78, 5) is 27.7. The molecule has 26 heavy (non-hydrogen) atoms. The fourth-order valence-electron chi connectivity index (χ4n) is 3.17. The summed E-state index contributed by atoms with van der Waals surface area (Å²) in [7, 11) is 3.96. The van der Waals surface area contributed by atoms with Crippen molar-refractivity contribution < 1.29 is 4.79 Å². The first-order valence-electron chi connectivity index (χ1n) is 9.12. The van der Waals surface area contributed by atoms with Gasteiger partial charge in [-0.15, -0.1) is 0 Å². The van der Waals surface area contributed by atoms with Gasteiger partial charge in [0.15, 0.2) is 0 Å². The Balaban J connectivity index is 1.55. The molecule has 1 aliphatic heterocycles. The van der Waals surface area contributed by atoms with Gasteiger partial charge < -0.3 is 14.7 Å². The van der Waals surface area contributed by atoms with Gasteiger partial charge in [0.25, 0.3) is 0 Å². The van der Waals surface area contributed by atoms with Crippen molar-refractivity contribution in [3.05, 3.63) is 47.8 Å². The zero-order valence-electron chi connectivity index (χ0n) is 15.9. The number of rotatable bonds is 5.